The zero-order valence-corrected chi connectivity index (χ0v) is 9.57. The Morgan fingerprint density at radius 3 is 2.93 bits per heavy atom. The molecule has 0 radical (unpaired) electrons. The Balaban J connectivity index is 2.51. The van der Waals surface area contributed by atoms with E-state index in [2.05, 4.69) is 11.3 Å². The van der Waals surface area contributed by atoms with Crippen LogP contribution < -0.4 is 4.72 Å². The zero-order chi connectivity index (χ0) is 10.6. The van der Waals surface area contributed by atoms with E-state index < -0.39 is 10.0 Å². The molecule has 1 atom stereocenters. The molecule has 0 fully saturated rings. The summed E-state index contributed by atoms with van der Waals surface area (Å²) in [5.41, 5.74) is 0. The van der Waals surface area contributed by atoms with Crippen molar-refractivity contribution in [1.29, 1.82) is 0 Å². The summed E-state index contributed by atoms with van der Waals surface area (Å²) in [7, 11) is -3.29. The van der Waals surface area contributed by atoms with E-state index in [0.717, 1.165) is 5.41 Å². The fourth-order valence-corrected chi connectivity index (χ4v) is 2.36. The summed E-state index contributed by atoms with van der Waals surface area (Å²) in [6.07, 6.45) is 0. The van der Waals surface area contributed by atoms with E-state index in [-0.39, 0.29) is 5.92 Å². The molecule has 1 unspecified atom stereocenters. The molecule has 0 bridgehead atoms. The molecule has 0 amide bonds. The van der Waals surface area contributed by atoms with Gasteiger partial charge in [-0.15, -0.1) is 11.3 Å². The maximum atomic E-state index is 11.0. The molecule has 0 aliphatic rings. The van der Waals surface area contributed by atoms with Gasteiger partial charge in [0.2, 0.25) is 10.0 Å². The van der Waals surface area contributed by atoms with Crippen molar-refractivity contribution in [2.24, 2.45) is 0 Å². The second-order valence-electron chi connectivity index (χ2n) is 2.98. The predicted molar refractivity (Wildman–Crippen MR) is 59.9 cm³/mol. The van der Waals surface area contributed by atoms with Crippen molar-refractivity contribution >= 4 is 21.4 Å². The highest BCUT2D eigenvalue weighted by molar-refractivity contribution is 7.92. The third kappa shape index (κ3) is 3.25. The van der Waals surface area contributed by atoms with Crippen LogP contribution in [0.25, 0.3) is 0 Å². The van der Waals surface area contributed by atoms with Gasteiger partial charge in [0.05, 0.1) is 0 Å². The molecule has 1 aromatic rings. The Hall–Kier alpha value is -0.650. The monoisotopic (exact) mass is 231 g/mol. The minimum absolute atomic E-state index is 0.199. The molecule has 0 saturated heterocycles. The number of thiophene rings is 1. The third-order valence-corrected chi connectivity index (χ3v) is 3.95. The molecule has 0 aliphatic heterocycles. The van der Waals surface area contributed by atoms with Gasteiger partial charge in [-0.05, 0) is 11.4 Å². The third-order valence-electron chi connectivity index (χ3n) is 1.84. The fourth-order valence-electron chi connectivity index (χ4n) is 0.972. The van der Waals surface area contributed by atoms with E-state index in [1.165, 1.54) is 4.88 Å². The number of nitrogens with one attached hydrogen (secondary N) is 1. The van der Waals surface area contributed by atoms with E-state index in [1.54, 1.807) is 11.3 Å². The van der Waals surface area contributed by atoms with Crippen LogP contribution in [0.2, 0.25) is 0 Å². The van der Waals surface area contributed by atoms with Gasteiger partial charge in [-0.2, -0.15) is 0 Å². The van der Waals surface area contributed by atoms with Crippen molar-refractivity contribution in [3.63, 3.8) is 0 Å². The van der Waals surface area contributed by atoms with Gasteiger partial charge in [-0.25, -0.2) is 13.1 Å². The first kappa shape index (κ1) is 11.4. The van der Waals surface area contributed by atoms with Crippen molar-refractivity contribution in [3.05, 3.63) is 34.4 Å². The molecule has 0 aliphatic carbocycles. The minimum Gasteiger partial charge on any atom is -0.211 e. The number of rotatable bonds is 5. The van der Waals surface area contributed by atoms with Gasteiger partial charge in [0, 0.05) is 22.7 Å². The highest BCUT2D eigenvalue weighted by atomic mass is 32.2. The van der Waals surface area contributed by atoms with Crippen LogP contribution in [-0.4, -0.2) is 15.0 Å². The minimum atomic E-state index is -3.29. The quantitative estimate of drug-likeness (QED) is 0.841. The molecule has 14 heavy (non-hydrogen) atoms. The van der Waals surface area contributed by atoms with Gasteiger partial charge in [-0.3, -0.25) is 0 Å². The Morgan fingerprint density at radius 2 is 2.43 bits per heavy atom. The number of hydrogen-bond donors (Lipinski definition) is 1. The van der Waals surface area contributed by atoms with E-state index in [4.69, 9.17) is 0 Å². The summed E-state index contributed by atoms with van der Waals surface area (Å²) in [5.74, 6) is 0.199. The van der Waals surface area contributed by atoms with Crippen LogP contribution in [0.3, 0.4) is 0 Å². The zero-order valence-electron chi connectivity index (χ0n) is 7.93. The molecule has 1 N–H and O–H groups in total. The normalized spacial score (nSPS) is 13.8. The van der Waals surface area contributed by atoms with Gasteiger partial charge in [0.1, 0.15) is 0 Å². The average molecular weight is 231 g/mol. The highest BCUT2D eigenvalue weighted by Gasteiger charge is 2.09. The predicted octanol–water partition coefficient (Wildman–Crippen LogP) is 1.91. The van der Waals surface area contributed by atoms with Gasteiger partial charge in [0.15, 0.2) is 0 Å². The summed E-state index contributed by atoms with van der Waals surface area (Å²) >= 11 is 1.63. The van der Waals surface area contributed by atoms with Crippen molar-refractivity contribution in [2.45, 2.75) is 12.8 Å². The summed E-state index contributed by atoms with van der Waals surface area (Å²) in [6.45, 7) is 5.62. The van der Waals surface area contributed by atoms with Gasteiger partial charge < -0.3 is 0 Å². The largest absolute Gasteiger partial charge is 0.233 e. The van der Waals surface area contributed by atoms with Crippen LogP contribution in [-0.2, 0) is 10.0 Å². The maximum absolute atomic E-state index is 11.0. The molecule has 0 aromatic carbocycles. The molecular weight excluding hydrogens is 218 g/mol. The van der Waals surface area contributed by atoms with Crippen LogP contribution >= 0.6 is 11.3 Å². The fraction of sp³-hybridized carbons (Fsp3) is 0.333. The van der Waals surface area contributed by atoms with Crippen molar-refractivity contribution < 1.29 is 8.42 Å². The van der Waals surface area contributed by atoms with Gasteiger partial charge in [0.25, 0.3) is 0 Å². The standard InChI is InChI=1S/C9H13NO2S2/c1-3-14(11,12)10-7-8(2)9-5-4-6-13-9/h3-6,8,10H,1,7H2,2H3. The van der Waals surface area contributed by atoms with Crippen molar-refractivity contribution in [3.8, 4) is 0 Å². The Kier molecular flexibility index (Phi) is 3.86. The molecule has 1 rings (SSSR count). The highest BCUT2D eigenvalue weighted by Crippen LogP contribution is 2.19. The van der Waals surface area contributed by atoms with Crippen LogP contribution in [0.4, 0.5) is 0 Å². The van der Waals surface area contributed by atoms with Crippen LogP contribution in [0, 0.1) is 0 Å². The van der Waals surface area contributed by atoms with E-state index >= 15 is 0 Å². The average Bonchev–Trinajstić information content (AvgIpc) is 2.67. The summed E-state index contributed by atoms with van der Waals surface area (Å²) in [6, 6.07) is 3.95. The maximum Gasteiger partial charge on any atom is 0.233 e. The number of sulfonamides is 1. The number of hydrogen-bond acceptors (Lipinski definition) is 3. The first-order valence-electron chi connectivity index (χ1n) is 4.20. The summed E-state index contributed by atoms with van der Waals surface area (Å²) in [4.78, 5) is 1.18. The Bertz CT molecular complexity index is 381. The van der Waals surface area contributed by atoms with Crippen LogP contribution in [0.15, 0.2) is 29.5 Å². The molecular formula is C9H13NO2S2. The Morgan fingerprint density at radius 1 is 1.71 bits per heavy atom. The second kappa shape index (κ2) is 4.72. The molecule has 5 heteroatoms. The van der Waals surface area contributed by atoms with Gasteiger partial charge in [-0.1, -0.05) is 19.6 Å². The van der Waals surface area contributed by atoms with Crippen molar-refractivity contribution in [2.75, 3.05) is 6.54 Å². The first-order valence-corrected chi connectivity index (χ1v) is 6.63. The van der Waals surface area contributed by atoms with Crippen molar-refractivity contribution in [1.82, 2.24) is 4.72 Å². The van der Waals surface area contributed by atoms with Crippen LogP contribution in [0.5, 0.6) is 0 Å². The van der Waals surface area contributed by atoms with Crippen LogP contribution in [0.1, 0.15) is 17.7 Å². The second-order valence-corrected chi connectivity index (χ2v) is 5.67. The van der Waals surface area contributed by atoms with Gasteiger partial charge >= 0.3 is 0 Å². The summed E-state index contributed by atoms with van der Waals surface area (Å²) in [5, 5.41) is 2.90. The molecule has 1 aromatic heterocycles. The lowest BCUT2D eigenvalue weighted by Crippen LogP contribution is -2.25. The molecule has 1 heterocycles. The molecule has 0 spiro atoms. The van der Waals surface area contributed by atoms with E-state index in [0.29, 0.717) is 6.54 Å². The van der Waals surface area contributed by atoms with E-state index in [1.807, 2.05) is 24.4 Å². The lowest BCUT2D eigenvalue weighted by atomic mass is 10.1. The SMILES string of the molecule is C=CS(=O)(=O)NCC(C)c1cccs1. The lowest BCUT2D eigenvalue weighted by Gasteiger charge is -2.09. The molecule has 0 saturated carbocycles. The van der Waals surface area contributed by atoms with E-state index in [9.17, 15) is 8.42 Å². The lowest BCUT2D eigenvalue weighted by molar-refractivity contribution is 0.585. The molecule has 3 nitrogen and oxygen atoms in total. The topological polar surface area (TPSA) is 46.2 Å². The smallest absolute Gasteiger partial charge is 0.211 e. The first-order chi connectivity index (χ1) is 6.55. The summed E-state index contributed by atoms with van der Waals surface area (Å²) < 4.78 is 24.6. The Labute approximate surface area is 88.5 Å². The molecule has 78 valence electrons.